The van der Waals surface area contributed by atoms with Crippen LogP contribution in [0.25, 0.3) is 0 Å². The lowest BCUT2D eigenvalue weighted by Crippen LogP contribution is -2.66. The van der Waals surface area contributed by atoms with Crippen LogP contribution >= 0.6 is 0 Å². The van der Waals surface area contributed by atoms with Crippen molar-refractivity contribution >= 4 is 18.7 Å². The van der Waals surface area contributed by atoms with Crippen LogP contribution in [-0.4, -0.2) is 14.9 Å². The maximum absolute atomic E-state index is 6.95. The van der Waals surface area contributed by atoms with Crippen LogP contribution in [0.4, 0.5) is 0 Å². The highest BCUT2D eigenvalue weighted by Crippen LogP contribution is 2.36. The average Bonchev–Trinajstić information content (AvgIpc) is 2.72. The lowest BCUT2D eigenvalue weighted by Gasteiger charge is -2.43. The minimum absolute atomic E-state index is 0.0703. The van der Waals surface area contributed by atoms with Crippen LogP contribution in [0.15, 0.2) is 73.3 Å². The molecule has 29 heavy (non-hydrogen) atoms. The van der Waals surface area contributed by atoms with Crippen molar-refractivity contribution in [3.63, 3.8) is 0 Å². The third-order valence-electron chi connectivity index (χ3n) is 5.79. The summed E-state index contributed by atoms with van der Waals surface area (Å²) >= 11 is 0. The van der Waals surface area contributed by atoms with Gasteiger partial charge in [-0.25, -0.2) is 0 Å². The van der Waals surface area contributed by atoms with Crippen LogP contribution < -0.4 is 10.4 Å². The van der Waals surface area contributed by atoms with Gasteiger partial charge in [0.25, 0.3) is 8.32 Å². The molecule has 0 heterocycles. The summed E-state index contributed by atoms with van der Waals surface area (Å²) in [6, 6.07) is 21.9. The average molecular weight is 409 g/mol. The Hall–Kier alpha value is -1.64. The fourth-order valence-corrected chi connectivity index (χ4v) is 8.87. The molecule has 2 aromatic carbocycles. The summed E-state index contributed by atoms with van der Waals surface area (Å²) in [6.07, 6.45) is 12.2. The van der Waals surface area contributed by atoms with Gasteiger partial charge in [-0.3, -0.25) is 0 Å². The van der Waals surface area contributed by atoms with E-state index in [2.05, 4.69) is 88.0 Å². The molecule has 0 aliphatic heterocycles. The first-order valence-electron chi connectivity index (χ1n) is 11.4. The van der Waals surface area contributed by atoms with E-state index in [1.54, 1.807) is 0 Å². The fraction of sp³-hybridized carbons (Fsp3) is 0.481. The highest BCUT2D eigenvalue weighted by Gasteiger charge is 2.49. The molecule has 2 aromatic rings. The summed E-state index contributed by atoms with van der Waals surface area (Å²) in [5.74, 6) is 0. The van der Waals surface area contributed by atoms with Crippen molar-refractivity contribution in [2.24, 2.45) is 0 Å². The van der Waals surface area contributed by atoms with Gasteiger partial charge < -0.3 is 4.43 Å². The molecule has 158 valence electrons. The second-order valence-corrected chi connectivity index (χ2v) is 13.4. The van der Waals surface area contributed by atoms with Crippen LogP contribution in [0.2, 0.25) is 5.04 Å². The molecule has 1 nitrogen and oxygen atoms in total. The van der Waals surface area contributed by atoms with Crippen molar-refractivity contribution in [3.8, 4) is 0 Å². The van der Waals surface area contributed by atoms with Crippen molar-refractivity contribution in [1.29, 1.82) is 0 Å². The molecule has 0 saturated carbocycles. The second kappa shape index (κ2) is 12.1. The summed E-state index contributed by atoms with van der Waals surface area (Å²) in [7, 11) is -2.35. The second-order valence-electron chi connectivity index (χ2n) is 9.06. The van der Waals surface area contributed by atoms with Gasteiger partial charge in [-0.15, -0.1) is 6.58 Å². The Labute approximate surface area is 180 Å². The molecule has 2 heteroatoms. The first-order valence-corrected chi connectivity index (χ1v) is 13.3. The van der Waals surface area contributed by atoms with Crippen molar-refractivity contribution < 1.29 is 4.43 Å². The zero-order chi connectivity index (χ0) is 21.0. The van der Waals surface area contributed by atoms with E-state index in [0.717, 1.165) is 19.4 Å². The number of rotatable bonds is 13. The van der Waals surface area contributed by atoms with E-state index in [9.17, 15) is 0 Å². The van der Waals surface area contributed by atoms with Gasteiger partial charge in [0.15, 0.2) is 0 Å². The van der Waals surface area contributed by atoms with Crippen molar-refractivity contribution in [2.75, 3.05) is 6.61 Å². The monoisotopic (exact) mass is 408 g/mol. The van der Waals surface area contributed by atoms with Crippen LogP contribution in [-0.2, 0) is 4.43 Å². The van der Waals surface area contributed by atoms with Crippen LogP contribution in [0, 0.1) is 0 Å². The third-order valence-corrected chi connectivity index (χ3v) is 10.8. The Morgan fingerprint density at radius 1 is 0.724 bits per heavy atom. The zero-order valence-electron chi connectivity index (χ0n) is 18.8. The third kappa shape index (κ3) is 6.69. The Balaban J connectivity index is 2.01. The quantitative estimate of drug-likeness (QED) is 0.200. The number of allylic oxidation sites excluding steroid dienone is 1. The summed E-state index contributed by atoms with van der Waals surface area (Å²) in [5, 5.41) is 2.82. The maximum Gasteiger partial charge on any atom is 0.261 e. The van der Waals surface area contributed by atoms with Gasteiger partial charge in [0.2, 0.25) is 0 Å². The molecule has 0 N–H and O–H groups in total. The number of hydrogen-bond donors (Lipinski definition) is 0. The van der Waals surface area contributed by atoms with Gasteiger partial charge in [0.05, 0.1) is 0 Å². The molecule has 0 amide bonds. The van der Waals surface area contributed by atoms with E-state index >= 15 is 0 Å². The highest BCUT2D eigenvalue weighted by atomic mass is 28.4. The van der Waals surface area contributed by atoms with Crippen LogP contribution in [0.1, 0.15) is 72.1 Å². The van der Waals surface area contributed by atoms with E-state index in [4.69, 9.17) is 4.43 Å². The molecule has 0 aliphatic carbocycles. The molecular weight excluding hydrogens is 368 g/mol. The molecule has 0 aliphatic rings. The molecule has 0 atom stereocenters. The van der Waals surface area contributed by atoms with Crippen LogP contribution in [0.5, 0.6) is 0 Å². The van der Waals surface area contributed by atoms with E-state index in [1.165, 1.54) is 48.9 Å². The van der Waals surface area contributed by atoms with Gasteiger partial charge >= 0.3 is 0 Å². The first kappa shape index (κ1) is 23.6. The predicted octanol–water partition coefficient (Wildman–Crippen LogP) is 6.87. The smallest absolute Gasteiger partial charge is 0.261 e. The minimum Gasteiger partial charge on any atom is -0.407 e. The van der Waals surface area contributed by atoms with Gasteiger partial charge in [0, 0.05) is 6.61 Å². The molecule has 0 saturated heterocycles. The fourth-order valence-electron chi connectivity index (χ4n) is 4.26. The van der Waals surface area contributed by atoms with Gasteiger partial charge in [-0.05, 0) is 34.7 Å². The summed E-state index contributed by atoms with van der Waals surface area (Å²) in [6.45, 7) is 11.7. The summed E-state index contributed by atoms with van der Waals surface area (Å²) < 4.78 is 6.95. The zero-order valence-corrected chi connectivity index (χ0v) is 19.8. The minimum atomic E-state index is -2.35. The Bertz CT molecular complexity index is 648. The van der Waals surface area contributed by atoms with Crippen molar-refractivity contribution in [2.45, 2.75) is 77.2 Å². The summed E-state index contributed by atoms with van der Waals surface area (Å²) in [5.41, 5.74) is 0. The van der Waals surface area contributed by atoms with Crippen LogP contribution in [0.3, 0.4) is 0 Å². The normalized spacial score (nSPS) is 12.1. The molecule has 0 bridgehead atoms. The van der Waals surface area contributed by atoms with Crippen molar-refractivity contribution in [1.82, 2.24) is 0 Å². The molecule has 0 radical (unpaired) electrons. The number of benzene rings is 2. The maximum atomic E-state index is 6.95. The lowest BCUT2D eigenvalue weighted by atomic mass is 10.1. The molecular formula is C27H40OSi. The van der Waals surface area contributed by atoms with Gasteiger partial charge in [-0.2, -0.15) is 0 Å². The van der Waals surface area contributed by atoms with Gasteiger partial charge in [-0.1, -0.05) is 120 Å². The molecule has 0 spiro atoms. The van der Waals surface area contributed by atoms with E-state index in [1.807, 2.05) is 6.08 Å². The predicted molar refractivity (Wildman–Crippen MR) is 131 cm³/mol. The largest absolute Gasteiger partial charge is 0.407 e. The molecule has 0 fully saturated rings. The molecule has 0 unspecified atom stereocenters. The Morgan fingerprint density at radius 3 is 1.62 bits per heavy atom. The molecule has 0 aromatic heterocycles. The SMILES string of the molecule is C=CCCCCCCCCCO[Si](c1ccccc1)(c1ccccc1)C(C)(C)C. The Morgan fingerprint density at radius 2 is 1.17 bits per heavy atom. The Kier molecular flexibility index (Phi) is 9.90. The van der Waals surface area contributed by atoms with Gasteiger partial charge in [0.1, 0.15) is 0 Å². The van der Waals surface area contributed by atoms with E-state index in [0.29, 0.717) is 0 Å². The summed E-state index contributed by atoms with van der Waals surface area (Å²) in [4.78, 5) is 0. The highest BCUT2D eigenvalue weighted by molar-refractivity contribution is 6.99. The standard InChI is InChI=1S/C27H40OSi/c1-5-6-7-8-9-10-11-12-19-24-28-29(27(2,3)4,25-20-15-13-16-21-25)26-22-17-14-18-23-26/h5,13-18,20-23H,1,6-12,19,24H2,2-4H3. The first-order chi connectivity index (χ1) is 14.0. The van der Waals surface area contributed by atoms with Crippen molar-refractivity contribution in [3.05, 3.63) is 73.3 Å². The number of unbranched alkanes of at least 4 members (excludes halogenated alkanes) is 7. The lowest BCUT2D eigenvalue weighted by molar-refractivity contribution is 0.286. The van der Waals surface area contributed by atoms with E-state index in [-0.39, 0.29) is 5.04 Å². The topological polar surface area (TPSA) is 9.23 Å². The number of hydrogen-bond acceptors (Lipinski definition) is 1. The van der Waals surface area contributed by atoms with E-state index < -0.39 is 8.32 Å². The molecule has 2 rings (SSSR count).